The Balaban J connectivity index is 0.000000317. The molecule has 1 aromatic carbocycles. The Morgan fingerprint density at radius 2 is 2.06 bits per heavy atom. The standard InChI is InChI=1S/C11H12O2.CH3N3/c12-11(13)10-6-5-8-3-1-2-4-9(8)7-10;1-3-4-2/h1-4,10H,5-7H2,(H,12,13);1H3. The Labute approximate surface area is 99.7 Å². The van der Waals surface area contributed by atoms with Crippen LogP contribution in [0.15, 0.2) is 29.4 Å². The van der Waals surface area contributed by atoms with Crippen molar-refractivity contribution in [3.05, 3.63) is 45.8 Å². The van der Waals surface area contributed by atoms with Crippen LogP contribution in [0.5, 0.6) is 0 Å². The number of carboxylic acids is 1. The van der Waals surface area contributed by atoms with Crippen LogP contribution in [0.2, 0.25) is 0 Å². The highest BCUT2D eigenvalue weighted by atomic mass is 16.4. The summed E-state index contributed by atoms with van der Waals surface area (Å²) in [4.78, 5) is 13.1. The highest BCUT2D eigenvalue weighted by molar-refractivity contribution is 5.71. The summed E-state index contributed by atoms with van der Waals surface area (Å²) < 4.78 is 0. The maximum absolute atomic E-state index is 10.8. The zero-order valence-electron chi connectivity index (χ0n) is 9.71. The number of hydrogen-bond donors (Lipinski definition) is 1. The first-order valence-electron chi connectivity index (χ1n) is 5.41. The van der Waals surface area contributed by atoms with Gasteiger partial charge in [-0.1, -0.05) is 29.4 Å². The van der Waals surface area contributed by atoms with E-state index in [0.29, 0.717) is 6.42 Å². The first kappa shape index (κ1) is 13.1. The molecule has 2 rings (SSSR count). The molecule has 0 spiro atoms. The van der Waals surface area contributed by atoms with E-state index in [-0.39, 0.29) is 5.92 Å². The predicted octanol–water partition coefficient (Wildman–Crippen LogP) is 2.80. The number of azide groups is 1. The van der Waals surface area contributed by atoms with Gasteiger partial charge < -0.3 is 5.11 Å². The normalized spacial score (nSPS) is 16.9. The number of aliphatic carboxylic acids is 1. The Kier molecular flexibility index (Phi) is 5.04. The number of nitrogens with zero attached hydrogens (tertiary/aromatic N) is 3. The number of hydrogen-bond acceptors (Lipinski definition) is 2. The van der Waals surface area contributed by atoms with E-state index in [1.807, 2.05) is 18.2 Å². The van der Waals surface area contributed by atoms with Crippen LogP contribution in [0.4, 0.5) is 0 Å². The first-order valence-corrected chi connectivity index (χ1v) is 5.41. The van der Waals surface area contributed by atoms with E-state index >= 15 is 0 Å². The average Bonchev–Trinajstić information content (AvgIpc) is 2.38. The Morgan fingerprint density at radius 1 is 1.47 bits per heavy atom. The Bertz CT molecular complexity index is 439. The van der Waals surface area contributed by atoms with Gasteiger partial charge in [0.1, 0.15) is 0 Å². The predicted molar refractivity (Wildman–Crippen MR) is 64.7 cm³/mol. The minimum absolute atomic E-state index is 0.171. The van der Waals surface area contributed by atoms with Crippen LogP contribution in [0.25, 0.3) is 10.4 Å². The molecule has 0 saturated carbocycles. The maximum Gasteiger partial charge on any atom is 0.306 e. The molecule has 0 saturated heterocycles. The van der Waals surface area contributed by atoms with Crippen LogP contribution in [-0.2, 0) is 17.6 Å². The molecule has 1 aliphatic carbocycles. The van der Waals surface area contributed by atoms with Crippen molar-refractivity contribution in [1.29, 1.82) is 0 Å². The van der Waals surface area contributed by atoms with Crippen LogP contribution >= 0.6 is 0 Å². The number of carboxylic acid groups (broad SMARTS) is 1. The minimum Gasteiger partial charge on any atom is -0.481 e. The highest BCUT2D eigenvalue weighted by Crippen LogP contribution is 2.25. The molecule has 5 nitrogen and oxygen atoms in total. The molecule has 0 aromatic heterocycles. The van der Waals surface area contributed by atoms with Crippen molar-refractivity contribution in [3.8, 4) is 0 Å². The molecule has 5 heteroatoms. The lowest BCUT2D eigenvalue weighted by molar-refractivity contribution is -0.142. The number of carbonyl (C=O) groups is 1. The molecule has 0 amide bonds. The fourth-order valence-corrected chi connectivity index (χ4v) is 1.91. The second-order valence-corrected chi connectivity index (χ2v) is 3.84. The topological polar surface area (TPSA) is 86.1 Å². The minimum atomic E-state index is -0.658. The van der Waals surface area contributed by atoms with Gasteiger partial charge in [-0.15, -0.1) is 0 Å². The monoisotopic (exact) mass is 233 g/mol. The van der Waals surface area contributed by atoms with Crippen LogP contribution in [0.1, 0.15) is 17.5 Å². The fourth-order valence-electron chi connectivity index (χ4n) is 1.91. The second kappa shape index (κ2) is 6.55. The average molecular weight is 233 g/mol. The number of aryl methyl sites for hydroxylation is 1. The fraction of sp³-hybridized carbons (Fsp3) is 0.417. The largest absolute Gasteiger partial charge is 0.481 e. The summed E-state index contributed by atoms with van der Waals surface area (Å²) in [5, 5.41) is 11.8. The van der Waals surface area contributed by atoms with Crippen LogP contribution in [-0.4, -0.2) is 18.1 Å². The molecular formula is C12H15N3O2. The van der Waals surface area contributed by atoms with Gasteiger partial charge in [0.05, 0.1) is 5.92 Å². The van der Waals surface area contributed by atoms with E-state index in [0.717, 1.165) is 12.8 Å². The molecule has 0 aliphatic heterocycles. The van der Waals surface area contributed by atoms with Gasteiger partial charge in [0.2, 0.25) is 0 Å². The van der Waals surface area contributed by atoms with Crippen molar-refractivity contribution in [1.82, 2.24) is 0 Å². The highest BCUT2D eigenvalue weighted by Gasteiger charge is 2.23. The van der Waals surface area contributed by atoms with Gasteiger partial charge in [-0.05, 0) is 35.9 Å². The maximum atomic E-state index is 10.8. The summed E-state index contributed by atoms with van der Waals surface area (Å²) in [6, 6.07) is 8.11. The SMILES string of the molecule is CN=[N+]=[N-].O=C(O)C1CCc2ccccc2C1. The van der Waals surface area contributed by atoms with E-state index in [9.17, 15) is 4.79 Å². The summed E-state index contributed by atoms with van der Waals surface area (Å²) in [6.45, 7) is 0. The number of benzene rings is 1. The van der Waals surface area contributed by atoms with Crippen LogP contribution in [0, 0.1) is 5.92 Å². The van der Waals surface area contributed by atoms with E-state index in [2.05, 4.69) is 16.1 Å². The summed E-state index contributed by atoms with van der Waals surface area (Å²) in [7, 11) is 1.39. The molecule has 0 bridgehead atoms. The van der Waals surface area contributed by atoms with Crippen molar-refractivity contribution < 1.29 is 9.90 Å². The Morgan fingerprint density at radius 3 is 2.59 bits per heavy atom. The summed E-state index contributed by atoms with van der Waals surface area (Å²) in [5.74, 6) is -0.829. The third-order valence-corrected chi connectivity index (χ3v) is 2.79. The lowest BCUT2D eigenvalue weighted by Gasteiger charge is -2.20. The Hall–Kier alpha value is -2.00. The second-order valence-electron chi connectivity index (χ2n) is 3.84. The quantitative estimate of drug-likeness (QED) is 0.459. The van der Waals surface area contributed by atoms with E-state index < -0.39 is 5.97 Å². The van der Waals surface area contributed by atoms with E-state index in [1.54, 1.807) is 0 Å². The van der Waals surface area contributed by atoms with Gasteiger partial charge in [-0.3, -0.25) is 4.79 Å². The van der Waals surface area contributed by atoms with Crippen molar-refractivity contribution >= 4 is 5.97 Å². The molecule has 1 N–H and O–H groups in total. The molecular weight excluding hydrogens is 218 g/mol. The van der Waals surface area contributed by atoms with Crippen molar-refractivity contribution in [2.75, 3.05) is 7.05 Å². The van der Waals surface area contributed by atoms with Gasteiger partial charge in [0.15, 0.2) is 0 Å². The summed E-state index contributed by atoms with van der Waals surface area (Å²) in [6.07, 6.45) is 2.39. The van der Waals surface area contributed by atoms with Gasteiger partial charge >= 0.3 is 5.97 Å². The molecule has 0 heterocycles. The third kappa shape index (κ3) is 3.81. The molecule has 90 valence electrons. The molecule has 1 aromatic rings. The van der Waals surface area contributed by atoms with Crippen LogP contribution < -0.4 is 0 Å². The molecule has 0 fully saturated rings. The van der Waals surface area contributed by atoms with Crippen molar-refractivity contribution in [2.45, 2.75) is 19.3 Å². The molecule has 1 atom stereocenters. The lowest BCUT2D eigenvalue weighted by atomic mass is 9.84. The van der Waals surface area contributed by atoms with E-state index in [1.165, 1.54) is 18.2 Å². The number of rotatable bonds is 1. The first-order chi connectivity index (χ1) is 8.19. The van der Waals surface area contributed by atoms with Gasteiger partial charge in [0, 0.05) is 12.0 Å². The smallest absolute Gasteiger partial charge is 0.306 e. The summed E-state index contributed by atoms with van der Waals surface area (Å²) >= 11 is 0. The van der Waals surface area contributed by atoms with Crippen molar-refractivity contribution in [3.63, 3.8) is 0 Å². The zero-order chi connectivity index (χ0) is 12.7. The molecule has 1 unspecified atom stereocenters. The molecule has 1 aliphatic rings. The molecule has 0 radical (unpaired) electrons. The van der Waals surface area contributed by atoms with Gasteiger partial charge in [-0.25, -0.2) is 0 Å². The lowest BCUT2D eigenvalue weighted by Crippen LogP contribution is -2.21. The molecule has 17 heavy (non-hydrogen) atoms. The van der Waals surface area contributed by atoms with Gasteiger partial charge in [0.25, 0.3) is 0 Å². The number of fused-ring (bicyclic) bond motifs is 1. The van der Waals surface area contributed by atoms with E-state index in [4.69, 9.17) is 10.6 Å². The zero-order valence-corrected chi connectivity index (χ0v) is 9.71. The third-order valence-electron chi connectivity index (χ3n) is 2.79. The van der Waals surface area contributed by atoms with Gasteiger partial charge in [-0.2, -0.15) is 0 Å². The summed E-state index contributed by atoms with van der Waals surface area (Å²) in [5.41, 5.74) is 9.86. The van der Waals surface area contributed by atoms with Crippen molar-refractivity contribution in [2.24, 2.45) is 11.0 Å². The van der Waals surface area contributed by atoms with Crippen LogP contribution in [0.3, 0.4) is 0 Å².